The molecular weight excluding hydrogens is 306 g/mol. The summed E-state index contributed by atoms with van der Waals surface area (Å²) in [6.45, 7) is 7.70. The normalized spacial score (nSPS) is 15.2. The smallest absolute Gasteiger partial charge is 0.253 e. The Bertz CT molecular complexity index is 610. The molecule has 24 heavy (non-hydrogen) atoms. The van der Waals surface area contributed by atoms with Crippen LogP contribution in [0.15, 0.2) is 24.3 Å². The maximum absolute atomic E-state index is 12.6. The summed E-state index contributed by atoms with van der Waals surface area (Å²) in [7, 11) is 0. The van der Waals surface area contributed by atoms with Crippen molar-refractivity contribution in [1.29, 1.82) is 0 Å². The molecule has 1 aliphatic rings. The van der Waals surface area contributed by atoms with Gasteiger partial charge in [-0.1, -0.05) is 13.8 Å². The number of amides is 3. The second-order valence-corrected chi connectivity index (χ2v) is 6.38. The second kappa shape index (κ2) is 7.95. The number of nitrogens with one attached hydrogen (secondary N) is 1. The Hall–Kier alpha value is -2.37. The van der Waals surface area contributed by atoms with Crippen molar-refractivity contribution in [3.63, 3.8) is 0 Å². The third-order valence-electron chi connectivity index (χ3n) is 4.04. The van der Waals surface area contributed by atoms with Crippen molar-refractivity contribution >= 4 is 23.4 Å². The fraction of sp³-hybridized carbons (Fsp3) is 0.500. The molecule has 1 aliphatic heterocycles. The zero-order valence-electron chi connectivity index (χ0n) is 14.5. The minimum atomic E-state index is -0.142. The molecule has 130 valence electrons. The van der Waals surface area contributed by atoms with Crippen LogP contribution in [0.25, 0.3) is 0 Å². The fourth-order valence-corrected chi connectivity index (χ4v) is 2.79. The van der Waals surface area contributed by atoms with Gasteiger partial charge in [0.05, 0.1) is 0 Å². The van der Waals surface area contributed by atoms with Gasteiger partial charge in [0.1, 0.15) is 0 Å². The molecule has 2 rings (SSSR count). The van der Waals surface area contributed by atoms with Gasteiger partial charge in [-0.05, 0) is 30.7 Å². The zero-order chi connectivity index (χ0) is 17.7. The van der Waals surface area contributed by atoms with Crippen LogP contribution >= 0.6 is 0 Å². The molecule has 3 amide bonds. The Labute approximate surface area is 142 Å². The average molecular weight is 331 g/mol. The lowest BCUT2D eigenvalue weighted by Crippen LogP contribution is -2.38. The molecule has 0 atom stereocenters. The van der Waals surface area contributed by atoms with Crippen molar-refractivity contribution < 1.29 is 14.4 Å². The van der Waals surface area contributed by atoms with Crippen molar-refractivity contribution in [2.75, 3.05) is 31.5 Å². The number of rotatable bonds is 3. The standard InChI is InChI=1S/C18H25N3O3/c1-13(2)17(23)20-9-4-10-21(12-11-20)18(24)15-5-7-16(8-6-15)19-14(3)22/h5-8,13H,4,9-12H2,1-3H3,(H,19,22). The molecule has 0 aliphatic carbocycles. The molecule has 6 nitrogen and oxygen atoms in total. The van der Waals surface area contributed by atoms with Crippen molar-refractivity contribution in [2.45, 2.75) is 27.2 Å². The van der Waals surface area contributed by atoms with Crippen molar-refractivity contribution in [3.8, 4) is 0 Å². The molecule has 1 aromatic carbocycles. The Kier molecular flexibility index (Phi) is 5.95. The van der Waals surface area contributed by atoms with Crippen LogP contribution in [-0.2, 0) is 9.59 Å². The van der Waals surface area contributed by atoms with Gasteiger partial charge in [0.25, 0.3) is 5.91 Å². The van der Waals surface area contributed by atoms with E-state index < -0.39 is 0 Å². The van der Waals surface area contributed by atoms with Crippen LogP contribution in [-0.4, -0.2) is 53.7 Å². The first-order chi connectivity index (χ1) is 11.4. The summed E-state index contributed by atoms with van der Waals surface area (Å²) in [6.07, 6.45) is 0.786. The van der Waals surface area contributed by atoms with Gasteiger partial charge >= 0.3 is 0 Å². The highest BCUT2D eigenvalue weighted by Crippen LogP contribution is 2.14. The van der Waals surface area contributed by atoms with E-state index in [1.807, 2.05) is 18.7 Å². The third-order valence-corrected chi connectivity index (χ3v) is 4.04. The number of carbonyl (C=O) groups excluding carboxylic acids is 3. The first kappa shape index (κ1) is 18.0. The minimum absolute atomic E-state index is 0.0198. The summed E-state index contributed by atoms with van der Waals surface area (Å²) in [5.41, 5.74) is 1.26. The van der Waals surface area contributed by atoms with Gasteiger partial charge in [0, 0.05) is 50.3 Å². The first-order valence-corrected chi connectivity index (χ1v) is 8.34. The summed E-state index contributed by atoms with van der Waals surface area (Å²) < 4.78 is 0. The maximum atomic E-state index is 12.6. The molecule has 1 saturated heterocycles. The number of hydrogen-bond donors (Lipinski definition) is 1. The van der Waals surface area contributed by atoms with Gasteiger partial charge in [-0.2, -0.15) is 0 Å². The summed E-state index contributed by atoms with van der Waals surface area (Å²) in [6, 6.07) is 6.88. The van der Waals surface area contributed by atoms with Crippen LogP contribution in [0, 0.1) is 5.92 Å². The van der Waals surface area contributed by atoms with Gasteiger partial charge in [-0.3, -0.25) is 14.4 Å². The number of benzene rings is 1. The van der Waals surface area contributed by atoms with E-state index in [1.165, 1.54) is 6.92 Å². The Morgan fingerprint density at radius 1 is 0.958 bits per heavy atom. The van der Waals surface area contributed by atoms with Crippen molar-refractivity contribution in [3.05, 3.63) is 29.8 Å². The molecule has 0 saturated carbocycles. The van der Waals surface area contributed by atoms with Gasteiger partial charge in [-0.15, -0.1) is 0 Å². The molecule has 1 fully saturated rings. The molecule has 0 unspecified atom stereocenters. The predicted octanol–water partition coefficient (Wildman–Crippen LogP) is 1.98. The molecule has 0 spiro atoms. The summed E-state index contributed by atoms with van der Waals surface area (Å²) in [4.78, 5) is 39.4. The minimum Gasteiger partial charge on any atom is -0.341 e. The lowest BCUT2D eigenvalue weighted by Gasteiger charge is -2.23. The molecule has 1 aromatic rings. The zero-order valence-corrected chi connectivity index (χ0v) is 14.5. The molecule has 0 bridgehead atoms. The summed E-state index contributed by atoms with van der Waals surface area (Å²) in [5, 5.41) is 2.68. The highest BCUT2D eigenvalue weighted by molar-refractivity contribution is 5.95. The largest absolute Gasteiger partial charge is 0.341 e. The van der Waals surface area contributed by atoms with E-state index in [2.05, 4.69) is 5.32 Å². The lowest BCUT2D eigenvalue weighted by molar-refractivity contribution is -0.134. The van der Waals surface area contributed by atoms with Crippen LogP contribution in [0.5, 0.6) is 0 Å². The number of anilines is 1. The molecule has 1 N–H and O–H groups in total. The SMILES string of the molecule is CC(=O)Nc1ccc(C(=O)N2CCCN(C(=O)C(C)C)CC2)cc1. The molecule has 0 radical (unpaired) electrons. The van der Waals surface area contributed by atoms with Crippen LogP contribution in [0.1, 0.15) is 37.6 Å². The summed E-state index contributed by atoms with van der Waals surface area (Å²) >= 11 is 0. The van der Waals surface area contributed by atoms with E-state index in [0.717, 1.165) is 6.42 Å². The third kappa shape index (κ3) is 4.57. The molecule has 1 heterocycles. The monoisotopic (exact) mass is 331 g/mol. The van der Waals surface area contributed by atoms with Crippen molar-refractivity contribution in [2.24, 2.45) is 5.92 Å². The van der Waals surface area contributed by atoms with E-state index in [-0.39, 0.29) is 23.6 Å². The van der Waals surface area contributed by atoms with E-state index in [0.29, 0.717) is 37.4 Å². The second-order valence-electron chi connectivity index (χ2n) is 6.38. The van der Waals surface area contributed by atoms with E-state index >= 15 is 0 Å². The number of hydrogen-bond acceptors (Lipinski definition) is 3. The quantitative estimate of drug-likeness (QED) is 0.921. The lowest BCUT2D eigenvalue weighted by atomic mass is 10.1. The first-order valence-electron chi connectivity index (χ1n) is 8.34. The highest BCUT2D eigenvalue weighted by Gasteiger charge is 2.23. The number of carbonyl (C=O) groups is 3. The molecule has 6 heteroatoms. The van der Waals surface area contributed by atoms with Crippen molar-refractivity contribution in [1.82, 2.24) is 9.80 Å². The van der Waals surface area contributed by atoms with Gasteiger partial charge in [0.15, 0.2) is 0 Å². The Morgan fingerprint density at radius 2 is 1.54 bits per heavy atom. The molecular formula is C18H25N3O3. The van der Waals surface area contributed by atoms with E-state index in [4.69, 9.17) is 0 Å². The van der Waals surface area contributed by atoms with Crippen LogP contribution in [0.3, 0.4) is 0 Å². The number of nitrogens with zero attached hydrogens (tertiary/aromatic N) is 2. The van der Waals surface area contributed by atoms with Crippen LogP contribution < -0.4 is 5.32 Å². The molecule has 0 aromatic heterocycles. The average Bonchev–Trinajstić information content (AvgIpc) is 2.79. The topological polar surface area (TPSA) is 69.7 Å². The maximum Gasteiger partial charge on any atom is 0.253 e. The predicted molar refractivity (Wildman–Crippen MR) is 92.7 cm³/mol. The van der Waals surface area contributed by atoms with E-state index in [1.54, 1.807) is 29.2 Å². The Morgan fingerprint density at radius 3 is 2.12 bits per heavy atom. The van der Waals surface area contributed by atoms with Crippen LogP contribution in [0.2, 0.25) is 0 Å². The highest BCUT2D eigenvalue weighted by atomic mass is 16.2. The van der Waals surface area contributed by atoms with Gasteiger partial charge < -0.3 is 15.1 Å². The van der Waals surface area contributed by atoms with Crippen LogP contribution in [0.4, 0.5) is 5.69 Å². The van der Waals surface area contributed by atoms with Gasteiger partial charge in [-0.25, -0.2) is 0 Å². The fourth-order valence-electron chi connectivity index (χ4n) is 2.79. The van der Waals surface area contributed by atoms with Gasteiger partial charge in [0.2, 0.25) is 11.8 Å². The summed E-state index contributed by atoms with van der Waals surface area (Å²) in [5.74, 6) is -0.0581. The van der Waals surface area contributed by atoms with E-state index in [9.17, 15) is 14.4 Å². The Balaban J connectivity index is 1.99.